The molecule has 0 aliphatic heterocycles. The highest BCUT2D eigenvalue weighted by Gasteiger charge is 2.34. The van der Waals surface area contributed by atoms with Gasteiger partial charge in [0.05, 0.1) is 25.5 Å². The standard InChI is InChI=1S/C20H16F3NO2/c1-25-18-10-14-15(11-19(18)26-2)17(24-12-16(14)20(21,22)23)9-8-13-6-4-3-5-7-13/h3-12H,1-2H3. The molecule has 0 aliphatic rings. The maximum Gasteiger partial charge on any atom is 0.418 e. The smallest absolute Gasteiger partial charge is 0.418 e. The van der Waals surface area contributed by atoms with E-state index in [0.717, 1.165) is 11.8 Å². The molecular formula is C20H16F3NO2. The largest absolute Gasteiger partial charge is 0.493 e. The molecule has 0 radical (unpaired) electrons. The van der Waals surface area contributed by atoms with Crippen LogP contribution in [0.4, 0.5) is 13.2 Å². The quantitative estimate of drug-likeness (QED) is 0.621. The first-order chi connectivity index (χ1) is 12.4. The lowest BCUT2D eigenvalue weighted by atomic mass is 10.0. The summed E-state index contributed by atoms with van der Waals surface area (Å²) >= 11 is 0. The summed E-state index contributed by atoms with van der Waals surface area (Å²) in [6.07, 6.45) is -0.194. The average molecular weight is 359 g/mol. The van der Waals surface area contributed by atoms with Crippen LogP contribution >= 0.6 is 0 Å². The highest BCUT2D eigenvalue weighted by Crippen LogP contribution is 2.40. The third-order valence-corrected chi connectivity index (χ3v) is 3.96. The van der Waals surface area contributed by atoms with Crippen LogP contribution < -0.4 is 9.47 Å². The van der Waals surface area contributed by atoms with Crippen LogP contribution in [0.1, 0.15) is 16.8 Å². The Bertz CT molecular complexity index is 951. The summed E-state index contributed by atoms with van der Waals surface area (Å²) in [5.41, 5.74) is 0.519. The van der Waals surface area contributed by atoms with Gasteiger partial charge >= 0.3 is 6.18 Å². The van der Waals surface area contributed by atoms with Gasteiger partial charge in [-0.05, 0) is 23.8 Å². The van der Waals surface area contributed by atoms with E-state index in [1.165, 1.54) is 26.4 Å². The minimum Gasteiger partial charge on any atom is -0.493 e. The maximum absolute atomic E-state index is 13.4. The highest BCUT2D eigenvalue weighted by molar-refractivity contribution is 5.95. The Labute approximate surface area is 148 Å². The fourth-order valence-electron chi connectivity index (χ4n) is 2.68. The van der Waals surface area contributed by atoms with E-state index in [9.17, 15) is 13.2 Å². The summed E-state index contributed by atoms with van der Waals surface area (Å²) in [5.74, 6) is 0.574. The number of nitrogens with zero attached hydrogens (tertiary/aromatic N) is 1. The number of hydrogen-bond acceptors (Lipinski definition) is 3. The first-order valence-electron chi connectivity index (χ1n) is 7.79. The van der Waals surface area contributed by atoms with Crippen molar-refractivity contribution in [2.24, 2.45) is 0 Å². The Kier molecular flexibility index (Phi) is 4.84. The molecule has 134 valence electrons. The van der Waals surface area contributed by atoms with E-state index in [1.54, 1.807) is 12.2 Å². The predicted molar refractivity (Wildman–Crippen MR) is 95.2 cm³/mol. The number of fused-ring (bicyclic) bond motifs is 1. The second-order valence-electron chi connectivity index (χ2n) is 5.55. The lowest BCUT2D eigenvalue weighted by Crippen LogP contribution is -2.07. The fourth-order valence-corrected chi connectivity index (χ4v) is 2.68. The van der Waals surface area contributed by atoms with E-state index in [2.05, 4.69) is 4.98 Å². The van der Waals surface area contributed by atoms with Crippen molar-refractivity contribution in [2.75, 3.05) is 14.2 Å². The first kappa shape index (κ1) is 17.8. The van der Waals surface area contributed by atoms with Crippen molar-refractivity contribution < 1.29 is 22.6 Å². The van der Waals surface area contributed by atoms with Crippen LogP contribution in [0.15, 0.2) is 48.7 Å². The summed E-state index contributed by atoms with van der Waals surface area (Å²) in [6, 6.07) is 12.3. The van der Waals surface area contributed by atoms with Crippen LogP contribution in [-0.4, -0.2) is 19.2 Å². The predicted octanol–water partition coefficient (Wildman–Crippen LogP) is 5.44. The zero-order chi connectivity index (χ0) is 18.7. The van der Waals surface area contributed by atoms with Gasteiger partial charge in [-0.3, -0.25) is 4.98 Å². The third kappa shape index (κ3) is 3.49. The molecule has 3 rings (SSSR count). The Balaban J connectivity index is 2.22. The molecule has 0 amide bonds. The number of halogens is 3. The number of ether oxygens (including phenoxy) is 2. The summed E-state index contributed by atoms with van der Waals surface area (Å²) in [6.45, 7) is 0. The van der Waals surface area contributed by atoms with Gasteiger partial charge < -0.3 is 9.47 Å². The zero-order valence-corrected chi connectivity index (χ0v) is 14.2. The van der Waals surface area contributed by atoms with E-state index in [0.29, 0.717) is 16.8 Å². The molecule has 1 heterocycles. The molecule has 0 bridgehead atoms. The Morgan fingerprint density at radius 1 is 0.885 bits per heavy atom. The van der Waals surface area contributed by atoms with Gasteiger partial charge in [0, 0.05) is 17.0 Å². The monoisotopic (exact) mass is 359 g/mol. The maximum atomic E-state index is 13.4. The van der Waals surface area contributed by atoms with Crippen molar-refractivity contribution >= 4 is 22.9 Å². The van der Waals surface area contributed by atoms with E-state index >= 15 is 0 Å². The van der Waals surface area contributed by atoms with Crippen LogP contribution in [0.5, 0.6) is 11.5 Å². The van der Waals surface area contributed by atoms with Crippen molar-refractivity contribution in [2.45, 2.75) is 6.18 Å². The normalized spacial score (nSPS) is 11.9. The van der Waals surface area contributed by atoms with Gasteiger partial charge in [0.15, 0.2) is 11.5 Å². The van der Waals surface area contributed by atoms with Gasteiger partial charge in [0.2, 0.25) is 0 Å². The number of rotatable bonds is 4. The van der Waals surface area contributed by atoms with Crippen molar-refractivity contribution in [3.63, 3.8) is 0 Å². The lowest BCUT2D eigenvalue weighted by molar-refractivity contribution is -0.136. The number of benzene rings is 2. The van der Waals surface area contributed by atoms with Crippen LogP contribution in [0.3, 0.4) is 0 Å². The van der Waals surface area contributed by atoms with Gasteiger partial charge in [-0.1, -0.05) is 36.4 Å². The summed E-state index contributed by atoms with van der Waals surface area (Å²) in [5, 5.41) is 0.350. The first-order valence-corrected chi connectivity index (χ1v) is 7.79. The molecule has 2 aromatic carbocycles. The van der Waals surface area contributed by atoms with Crippen molar-refractivity contribution in [1.82, 2.24) is 4.98 Å². The molecule has 0 spiro atoms. The second-order valence-corrected chi connectivity index (χ2v) is 5.55. The average Bonchev–Trinajstić information content (AvgIpc) is 2.64. The van der Waals surface area contributed by atoms with Crippen molar-refractivity contribution in [3.05, 3.63) is 65.5 Å². The summed E-state index contributed by atoms with van der Waals surface area (Å²) < 4.78 is 50.5. The van der Waals surface area contributed by atoms with E-state index in [4.69, 9.17) is 9.47 Å². The molecule has 0 fully saturated rings. The van der Waals surface area contributed by atoms with Crippen molar-refractivity contribution in [1.29, 1.82) is 0 Å². The molecule has 0 aliphatic carbocycles. The summed E-state index contributed by atoms with van der Waals surface area (Å²) in [4.78, 5) is 4.02. The molecule has 26 heavy (non-hydrogen) atoms. The highest BCUT2D eigenvalue weighted by atomic mass is 19.4. The molecule has 3 aromatic rings. The Morgan fingerprint density at radius 2 is 1.50 bits per heavy atom. The Morgan fingerprint density at radius 3 is 2.08 bits per heavy atom. The molecule has 0 unspecified atom stereocenters. The van der Waals surface area contributed by atoms with E-state index in [1.807, 2.05) is 30.3 Å². The minimum absolute atomic E-state index is 0.0119. The van der Waals surface area contributed by atoms with Gasteiger partial charge in [-0.15, -0.1) is 0 Å². The summed E-state index contributed by atoms with van der Waals surface area (Å²) in [7, 11) is 2.82. The second kappa shape index (κ2) is 7.07. The molecule has 6 heteroatoms. The minimum atomic E-state index is -4.52. The molecule has 0 N–H and O–H groups in total. The molecule has 0 saturated carbocycles. The Hall–Kier alpha value is -3.02. The SMILES string of the molecule is COc1cc2c(C(F)(F)F)cnc(C=Cc3ccccc3)c2cc1OC. The van der Waals surface area contributed by atoms with Gasteiger partial charge in [0.1, 0.15) is 0 Å². The zero-order valence-electron chi connectivity index (χ0n) is 14.2. The topological polar surface area (TPSA) is 31.4 Å². The third-order valence-electron chi connectivity index (χ3n) is 3.96. The number of methoxy groups -OCH3 is 2. The van der Waals surface area contributed by atoms with Gasteiger partial charge in [-0.25, -0.2) is 0 Å². The molecule has 0 atom stereocenters. The van der Waals surface area contributed by atoms with Crippen LogP contribution in [0.2, 0.25) is 0 Å². The fraction of sp³-hybridized carbons (Fsp3) is 0.150. The van der Waals surface area contributed by atoms with E-state index < -0.39 is 11.7 Å². The number of aromatic nitrogens is 1. The number of alkyl halides is 3. The molecule has 0 saturated heterocycles. The van der Waals surface area contributed by atoms with Gasteiger partial charge in [-0.2, -0.15) is 13.2 Å². The molecule has 1 aromatic heterocycles. The van der Waals surface area contributed by atoms with Crippen LogP contribution in [0, 0.1) is 0 Å². The number of pyridine rings is 1. The van der Waals surface area contributed by atoms with Crippen molar-refractivity contribution in [3.8, 4) is 11.5 Å². The van der Waals surface area contributed by atoms with E-state index in [-0.39, 0.29) is 11.1 Å². The molecule has 3 nitrogen and oxygen atoms in total. The number of hydrogen-bond donors (Lipinski definition) is 0. The lowest BCUT2D eigenvalue weighted by Gasteiger charge is -2.15. The van der Waals surface area contributed by atoms with Crippen LogP contribution in [-0.2, 0) is 6.18 Å². The molecular weight excluding hydrogens is 343 g/mol. The van der Waals surface area contributed by atoms with Gasteiger partial charge in [0.25, 0.3) is 0 Å². The van der Waals surface area contributed by atoms with Crippen LogP contribution in [0.25, 0.3) is 22.9 Å².